The van der Waals surface area contributed by atoms with Crippen molar-refractivity contribution in [3.63, 3.8) is 0 Å². The maximum atomic E-state index is 6.00. The fraction of sp³-hybridized carbons (Fsp3) is 0.571. The number of nitrogens with zero attached hydrogens (tertiary/aromatic N) is 3. The van der Waals surface area contributed by atoms with E-state index >= 15 is 0 Å². The van der Waals surface area contributed by atoms with Gasteiger partial charge in [-0.25, -0.2) is 5.10 Å². The number of aromatic amines is 1. The topological polar surface area (TPSA) is 36.9 Å². The number of hydrogen-bond acceptors (Lipinski definition) is 4. The average molecular weight is 343 g/mol. The molecule has 0 unspecified atom stereocenters. The number of H-pyrrole nitrogens is 1. The van der Waals surface area contributed by atoms with Crippen molar-refractivity contribution >= 4 is 41.1 Å². The fourth-order valence-electron chi connectivity index (χ4n) is 2.98. The van der Waals surface area contributed by atoms with Gasteiger partial charge in [0.1, 0.15) is 0 Å². The maximum absolute atomic E-state index is 6.00. The number of thiophene rings is 1. The first-order chi connectivity index (χ1) is 10.1. The molecule has 1 saturated carbocycles. The van der Waals surface area contributed by atoms with Crippen molar-refractivity contribution in [2.75, 3.05) is 11.9 Å². The lowest BCUT2D eigenvalue weighted by atomic mass is 9.95. The molecule has 0 amide bonds. The van der Waals surface area contributed by atoms with Gasteiger partial charge in [-0.3, -0.25) is 4.57 Å². The zero-order valence-corrected chi connectivity index (χ0v) is 14.4. The highest BCUT2D eigenvalue weighted by Crippen LogP contribution is 2.32. The second-order valence-corrected chi connectivity index (χ2v) is 7.74. The molecule has 0 atom stereocenters. The number of nitrogens with one attached hydrogen (secondary N) is 1. The van der Waals surface area contributed by atoms with Crippen LogP contribution in [0.2, 0.25) is 4.34 Å². The van der Waals surface area contributed by atoms with Crippen LogP contribution >= 0.6 is 35.2 Å². The molecule has 0 spiro atoms. The minimum absolute atomic E-state index is 0.481. The summed E-state index contributed by atoms with van der Waals surface area (Å²) in [5.41, 5.74) is 0. The highest BCUT2D eigenvalue weighted by molar-refractivity contribution is 7.71. The van der Waals surface area contributed by atoms with Crippen LogP contribution < -0.4 is 4.90 Å². The van der Waals surface area contributed by atoms with E-state index in [-0.39, 0.29) is 0 Å². The normalized spacial score (nSPS) is 16.3. The molecule has 0 radical (unpaired) electrons. The number of anilines is 1. The van der Waals surface area contributed by atoms with E-state index in [0.29, 0.717) is 6.04 Å². The Morgan fingerprint density at radius 2 is 2.19 bits per heavy atom. The van der Waals surface area contributed by atoms with Gasteiger partial charge in [-0.05, 0) is 37.2 Å². The minimum atomic E-state index is 0.481. The van der Waals surface area contributed by atoms with Crippen LogP contribution in [0.4, 0.5) is 5.95 Å². The molecular formula is C14H19ClN4S2. The van der Waals surface area contributed by atoms with Gasteiger partial charge in [-0.1, -0.05) is 30.9 Å². The molecule has 2 aromatic heterocycles. The predicted octanol–water partition coefficient (Wildman–Crippen LogP) is 4.80. The summed E-state index contributed by atoms with van der Waals surface area (Å²) >= 11 is 13.1. The van der Waals surface area contributed by atoms with E-state index < -0.39 is 0 Å². The molecule has 1 fully saturated rings. The van der Waals surface area contributed by atoms with E-state index in [2.05, 4.69) is 32.8 Å². The van der Waals surface area contributed by atoms with Crippen LogP contribution in [0.1, 0.15) is 43.0 Å². The van der Waals surface area contributed by atoms with E-state index in [1.165, 1.54) is 37.0 Å². The zero-order valence-electron chi connectivity index (χ0n) is 12.0. The van der Waals surface area contributed by atoms with E-state index in [1.54, 1.807) is 11.3 Å². The van der Waals surface area contributed by atoms with Gasteiger partial charge in [0.2, 0.25) is 5.95 Å². The van der Waals surface area contributed by atoms with E-state index in [4.69, 9.17) is 23.8 Å². The van der Waals surface area contributed by atoms with Gasteiger partial charge in [0.15, 0.2) is 4.77 Å². The van der Waals surface area contributed by atoms with Gasteiger partial charge in [0.05, 0.1) is 10.9 Å². The Labute approximate surface area is 138 Å². The first-order valence-corrected chi connectivity index (χ1v) is 8.87. The minimum Gasteiger partial charge on any atom is -0.339 e. The fourth-order valence-corrected chi connectivity index (χ4v) is 4.39. The van der Waals surface area contributed by atoms with Crippen molar-refractivity contribution in [3.05, 3.63) is 26.1 Å². The van der Waals surface area contributed by atoms with Crippen molar-refractivity contribution in [1.82, 2.24) is 14.8 Å². The summed E-state index contributed by atoms with van der Waals surface area (Å²) in [6.07, 6.45) is 6.28. The highest BCUT2D eigenvalue weighted by Gasteiger charge is 2.21. The third-order valence-corrected chi connectivity index (χ3v) is 5.49. The lowest BCUT2D eigenvalue weighted by Gasteiger charge is -2.26. The van der Waals surface area contributed by atoms with Crippen LogP contribution in [0.5, 0.6) is 0 Å². The van der Waals surface area contributed by atoms with Gasteiger partial charge in [-0.2, -0.15) is 0 Å². The summed E-state index contributed by atoms with van der Waals surface area (Å²) in [5, 5.41) is 7.40. The monoisotopic (exact) mass is 342 g/mol. The summed E-state index contributed by atoms with van der Waals surface area (Å²) in [5.74, 6) is 0.927. The van der Waals surface area contributed by atoms with E-state index in [9.17, 15) is 0 Å². The molecule has 1 aliphatic carbocycles. The maximum Gasteiger partial charge on any atom is 0.226 e. The molecule has 0 aromatic carbocycles. The lowest BCUT2D eigenvalue weighted by Crippen LogP contribution is -2.23. The SMILES string of the molecule is CN(Cc1ccc(Cl)s1)c1n[nH]c(=S)n1C1CCCCC1. The Morgan fingerprint density at radius 1 is 1.43 bits per heavy atom. The van der Waals surface area contributed by atoms with Gasteiger partial charge in [0.25, 0.3) is 0 Å². The van der Waals surface area contributed by atoms with Crippen LogP contribution in [0, 0.1) is 4.77 Å². The number of hydrogen-bond donors (Lipinski definition) is 1. The molecule has 3 rings (SSSR count). The van der Waals surface area contributed by atoms with Crippen LogP contribution in [-0.4, -0.2) is 21.8 Å². The molecule has 4 nitrogen and oxygen atoms in total. The van der Waals surface area contributed by atoms with Crippen molar-refractivity contribution in [3.8, 4) is 0 Å². The molecule has 1 N–H and O–H groups in total. The van der Waals surface area contributed by atoms with Crippen molar-refractivity contribution in [2.24, 2.45) is 0 Å². The molecule has 114 valence electrons. The molecule has 2 aromatic rings. The Kier molecular flexibility index (Phi) is 4.66. The largest absolute Gasteiger partial charge is 0.339 e. The van der Waals surface area contributed by atoms with Crippen LogP contribution in [0.25, 0.3) is 0 Å². The summed E-state index contributed by atoms with van der Waals surface area (Å²) in [7, 11) is 2.05. The molecule has 0 bridgehead atoms. The van der Waals surface area contributed by atoms with Crippen LogP contribution in [0.15, 0.2) is 12.1 Å². The van der Waals surface area contributed by atoms with Crippen molar-refractivity contribution in [2.45, 2.75) is 44.7 Å². The number of aromatic nitrogens is 3. The van der Waals surface area contributed by atoms with Gasteiger partial charge >= 0.3 is 0 Å². The zero-order chi connectivity index (χ0) is 14.8. The summed E-state index contributed by atoms with van der Waals surface area (Å²) in [6, 6.07) is 4.48. The standard InChI is InChI=1S/C14H19ClN4S2/c1-18(9-11-7-8-12(15)21-11)13-16-17-14(20)19(13)10-5-3-2-4-6-10/h7-8,10H,2-6,9H2,1H3,(H,17,20). The molecule has 21 heavy (non-hydrogen) atoms. The summed E-state index contributed by atoms with van der Waals surface area (Å²) in [6.45, 7) is 0.795. The third-order valence-electron chi connectivity index (χ3n) is 3.99. The highest BCUT2D eigenvalue weighted by atomic mass is 35.5. The summed E-state index contributed by atoms with van der Waals surface area (Å²) < 4.78 is 3.75. The Bertz CT molecular complexity index is 654. The van der Waals surface area contributed by atoms with Crippen molar-refractivity contribution < 1.29 is 0 Å². The van der Waals surface area contributed by atoms with Gasteiger partial charge in [0, 0.05) is 18.0 Å². The molecule has 1 aliphatic rings. The second-order valence-electron chi connectivity index (χ2n) is 5.55. The summed E-state index contributed by atoms with van der Waals surface area (Å²) in [4.78, 5) is 3.37. The smallest absolute Gasteiger partial charge is 0.226 e. The predicted molar refractivity (Wildman–Crippen MR) is 91.0 cm³/mol. The molecule has 7 heteroatoms. The Morgan fingerprint density at radius 3 is 2.86 bits per heavy atom. The molecular weight excluding hydrogens is 324 g/mol. The first-order valence-electron chi connectivity index (χ1n) is 7.27. The number of halogens is 1. The first kappa shape index (κ1) is 15.1. The Hall–Kier alpha value is -0.850. The molecule has 0 aliphatic heterocycles. The molecule has 2 heterocycles. The van der Waals surface area contributed by atoms with E-state index in [0.717, 1.165) is 21.6 Å². The average Bonchev–Trinajstić information content (AvgIpc) is 3.06. The van der Waals surface area contributed by atoms with Gasteiger partial charge < -0.3 is 4.90 Å². The quantitative estimate of drug-likeness (QED) is 0.811. The second kappa shape index (κ2) is 6.50. The van der Waals surface area contributed by atoms with Gasteiger partial charge in [-0.15, -0.1) is 16.4 Å². The Balaban J connectivity index is 1.82. The third kappa shape index (κ3) is 3.33. The van der Waals surface area contributed by atoms with Crippen LogP contribution in [-0.2, 0) is 6.54 Å². The van der Waals surface area contributed by atoms with Crippen LogP contribution in [0.3, 0.4) is 0 Å². The van der Waals surface area contributed by atoms with E-state index in [1.807, 2.05) is 6.07 Å². The lowest BCUT2D eigenvalue weighted by molar-refractivity contribution is 0.350. The molecule has 0 saturated heterocycles. The van der Waals surface area contributed by atoms with Crippen molar-refractivity contribution in [1.29, 1.82) is 0 Å². The number of rotatable bonds is 4.